The average Bonchev–Trinajstić information content (AvgIpc) is 2.41. The van der Waals surface area contributed by atoms with Crippen LogP contribution in [0.3, 0.4) is 0 Å². The molecule has 0 fully saturated rings. The Kier molecular flexibility index (Phi) is 4.73. The predicted octanol–water partition coefficient (Wildman–Crippen LogP) is 3.97. The monoisotopic (exact) mass is 288 g/mol. The Morgan fingerprint density at radius 1 is 1.10 bits per heavy atom. The molecule has 0 spiro atoms. The topological polar surface area (TPSA) is 49.8 Å². The van der Waals surface area contributed by atoms with Gasteiger partial charge in [-0.05, 0) is 44.0 Å². The summed E-state index contributed by atoms with van der Waals surface area (Å²) >= 11 is 0. The highest BCUT2D eigenvalue weighted by molar-refractivity contribution is 5.65. The molecule has 0 unspecified atom stereocenters. The maximum atomic E-state index is 13.5. The van der Waals surface area contributed by atoms with Crippen molar-refractivity contribution >= 4 is 17.3 Å². The van der Waals surface area contributed by atoms with Crippen molar-refractivity contribution < 1.29 is 4.39 Å². The Balaban J connectivity index is 2.39. The molecule has 5 heteroatoms. The molecule has 4 nitrogen and oxygen atoms in total. The van der Waals surface area contributed by atoms with Crippen LogP contribution in [-0.2, 0) is 6.42 Å². The molecule has 0 saturated carbocycles. The van der Waals surface area contributed by atoms with Gasteiger partial charge in [-0.1, -0.05) is 6.92 Å². The van der Waals surface area contributed by atoms with Crippen LogP contribution < -0.4 is 10.6 Å². The summed E-state index contributed by atoms with van der Waals surface area (Å²) in [6.45, 7) is 5.89. The van der Waals surface area contributed by atoms with Crippen molar-refractivity contribution in [1.29, 1.82) is 0 Å². The van der Waals surface area contributed by atoms with Gasteiger partial charge in [0.15, 0.2) is 0 Å². The summed E-state index contributed by atoms with van der Waals surface area (Å²) in [4.78, 5) is 9.02. The lowest BCUT2D eigenvalue weighted by Gasteiger charge is -2.14. The highest BCUT2D eigenvalue weighted by Crippen LogP contribution is 2.24. The van der Waals surface area contributed by atoms with Gasteiger partial charge in [0.2, 0.25) is 0 Å². The molecule has 0 radical (unpaired) electrons. The molecule has 21 heavy (non-hydrogen) atoms. The summed E-state index contributed by atoms with van der Waals surface area (Å²) < 4.78 is 13.5. The van der Waals surface area contributed by atoms with E-state index >= 15 is 0 Å². The summed E-state index contributed by atoms with van der Waals surface area (Å²) in [6.07, 6.45) is 1.79. The predicted molar refractivity (Wildman–Crippen MR) is 84.7 cm³/mol. The van der Waals surface area contributed by atoms with E-state index in [1.54, 1.807) is 0 Å². The standard InChI is InChI=1S/C16H21FN4/c1-5-6-14-20-15(18-4)11(3)16(21-14)19-13-8-10(2)7-12(17)9-13/h7-9H,5-6H2,1-4H3,(H2,18,19,20,21). The van der Waals surface area contributed by atoms with Gasteiger partial charge in [0.1, 0.15) is 23.3 Å². The number of anilines is 3. The van der Waals surface area contributed by atoms with E-state index in [1.807, 2.05) is 27.0 Å². The van der Waals surface area contributed by atoms with Crippen molar-refractivity contribution in [3.05, 3.63) is 41.0 Å². The van der Waals surface area contributed by atoms with Crippen molar-refractivity contribution in [2.75, 3.05) is 17.7 Å². The van der Waals surface area contributed by atoms with Crippen LogP contribution in [0.25, 0.3) is 0 Å². The minimum absolute atomic E-state index is 0.258. The third kappa shape index (κ3) is 3.68. The van der Waals surface area contributed by atoms with E-state index in [2.05, 4.69) is 27.5 Å². The molecular formula is C16H21FN4. The number of nitrogens with zero attached hydrogens (tertiary/aromatic N) is 2. The molecule has 2 aromatic rings. The minimum Gasteiger partial charge on any atom is -0.373 e. The van der Waals surface area contributed by atoms with Crippen molar-refractivity contribution in [3.63, 3.8) is 0 Å². The number of nitrogens with one attached hydrogen (secondary N) is 2. The first-order chi connectivity index (χ1) is 10.0. The maximum Gasteiger partial charge on any atom is 0.139 e. The fourth-order valence-corrected chi connectivity index (χ4v) is 2.21. The third-order valence-corrected chi connectivity index (χ3v) is 3.21. The molecule has 0 atom stereocenters. The smallest absolute Gasteiger partial charge is 0.139 e. The number of aromatic nitrogens is 2. The maximum absolute atomic E-state index is 13.5. The molecule has 1 heterocycles. The summed E-state index contributed by atoms with van der Waals surface area (Å²) in [6, 6.07) is 4.86. The van der Waals surface area contributed by atoms with Gasteiger partial charge in [-0.15, -0.1) is 0 Å². The molecule has 0 saturated heterocycles. The first-order valence-electron chi connectivity index (χ1n) is 7.13. The van der Waals surface area contributed by atoms with Crippen LogP contribution in [0.15, 0.2) is 18.2 Å². The third-order valence-electron chi connectivity index (χ3n) is 3.21. The zero-order chi connectivity index (χ0) is 15.4. The van der Waals surface area contributed by atoms with E-state index in [4.69, 9.17) is 0 Å². The van der Waals surface area contributed by atoms with Gasteiger partial charge in [0, 0.05) is 24.7 Å². The zero-order valence-corrected chi connectivity index (χ0v) is 12.9. The SMILES string of the molecule is CCCc1nc(NC)c(C)c(Nc2cc(C)cc(F)c2)n1. The first-order valence-corrected chi connectivity index (χ1v) is 7.13. The van der Waals surface area contributed by atoms with Crippen molar-refractivity contribution in [1.82, 2.24) is 9.97 Å². The van der Waals surface area contributed by atoms with E-state index < -0.39 is 0 Å². The average molecular weight is 288 g/mol. The Bertz CT molecular complexity index is 620. The second kappa shape index (κ2) is 6.52. The fraction of sp³-hybridized carbons (Fsp3) is 0.375. The van der Waals surface area contributed by atoms with Crippen LogP contribution in [0.4, 0.5) is 21.7 Å². The van der Waals surface area contributed by atoms with Gasteiger partial charge in [-0.3, -0.25) is 0 Å². The molecule has 1 aromatic carbocycles. The van der Waals surface area contributed by atoms with Crippen LogP contribution in [0.1, 0.15) is 30.3 Å². The summed E-state index contributed by atoms with van der Waals surface area (Å²) in [7, 11) is 1.83. The Hall–Kier alpha value is -2.17. The molecule has 2 rings (SSSR count). The lowest BCUT2D eigenvalue weighted by atomic mass is 10.2. The van der Waals surface area contributed by atoms with Crippen LogP contribution in [-0.4, -0.2) is 17.0 Å². The number of benzene rings is 1. The first kappa shape index (κ1) is 15.2. The highest BCUT2D eigenvalue weighted by atomic mass is 19.1. The molecule has 0 aliphatic carbocycles. The van der Waals surface area contributed by atoms with Gasteiger partial charge in [0.05, 0.1) is 0 Å². The number of rotatable bonds is 5. The van der Waals surface area contributed by atoms with Crippen LogP contribution in [0.2, 0.25) is 0 Å². The molecule has 1 aromatic heterocycles. The normalized spacial score (nSPS) is 10.5. The van der Waals surface area contributed by atoms with Crippen LogP contribution >= 0.6 is 0 Å². The van der Waals surface area contributed by atoms with Crippen molar-refractivity contribution in [2.45, 2.75) is 33.6 Å². The largest absolute Gasteiger partial charge is 0.373 e. The van der Waals surface area contributed by atoms with Gasteiger partial charge in [0.25, 0.3) is 0 Å². The molecule has 0 bridgehead atoms. The minimum atomic E-state index is -0.258. The Morgan fingerprint density at radius 2 is 1.81 bits per heavy atom. The van der Waals surface area contributed by atoms with Gasteiger partial charge < -0.3 is 10.6 Å². The fourth-order valence-electron chi connectivity index (χ4n) is 2.21. The molecule has 0 aliphatic rings. The van der Waals surface area contributed by atoms with Crippen molar-refractivity contribution in [2.24, 2.45) is 0 Å². The van der Waals surface area contributed by atoms with E-state index in [0.717, 1.165) is 35.6 Å². The summed E-state index contributed by atoms with van der Waals surface area (Å²) in [5.41, 5.74) is 2.48. The van der Waals surface area contributed by atoms with Gasteiger partial charge in [-0.2, -0.15) is 0 Å². The van der Waals surface area contributed by atoms with Crippen LogP contribution in [0.5, 0.6) is 0 Å². The van der Waals surface area contributed by atoms with E-state index in [1.165, 1.54) is 12.1 Å². The Labute approximate surface area is 124 Å². The lowest BCUT2D eigenvalue weighted by Crippen LogP contribution is -2.07. The van der Waals surface area contributed by atoms with E-state index in [0.29, 0.717) is 11.5 Å². The number of halogens is 1. The highest BCUT2D eigenvalue weighted by Gasteiger charge is 2.10. The quantitative estimate of drug-likeness (QED) is 0.874. The molecule has 0 aliphatic heterocycles. The second-order valence-electron chi connectivity index (χ2n) is 5.10. The number of aryl methyl sites for hydroxylation is 2. The van der Waals surface area contributed by atoms with E-state index in [-0.39, 0.29) is 5.82 Å². The Morgan fingerprint density at radius 3 is 2.43 bits per heavy atom. The molecule has 112 valence electrons. The van der Waals surface area contributed by atoms with Gasteiger partial charge >= 0.3 is 0 Å². The van der Waals surface area contributed by atoms with Gasteiger partial charge in [-0.25, -0.2) is 14.4 Å². The number of hydrogen-bond acceptors (Lipinski definition) is 4. The molecule has 0 amide bonds. The van der Waals surface area contributed by atoms with E-state index in [9.17, 15) is 4.39 Å². The van der Waals surface area contributed by atoms with Crippen molar-refractivity contribution in [3.8, 4) is 0 Å². The summed E-state index contributed by atoms with van der Waals surface area (Å²) in [5, 5.41) is 6.27. The zero-order valence-electron chi connectivity index (χ0n) is 12.9. The lowest BCUT2D eigenvalue weighted by molar-refractivity contribution is 0.627. The summed E-state index contributed by atoms with van der Waals surface area (Å²) in [5.74, 6) is 2.03. The molecule has 2 N–H and O–H groups in total. The second-order valence-corrected chi connectivity index (χ2v) is 5.10. The van der Waals surface area contributed by atoms with Crippen LogP contribution in [0, 0.1) is 19.7 Å². The number of hydrogen-bond donors (Lipinski definition) is 2. The molecular weight excluding hydrogens is 267 g/mol.